The summed E-state index contributed by atoms with van der Waals surface area (Å²) in [4.78, 5) is 12.1. The first kappa shape index (κ1) is 18.0. The predicted octanol–water partition coefficient (Wildman–Crippen LogP) is 3.74. The molecule has 0 bridgehead atoms. The minimum absolute atomic E-state index is 0.157. The average Bonchev–Trinajstić information content (AvgIpc) is 3.02. The van der Waals surface area contributed by atoms with Gasteiger partial charge in [-0.3, -0.25) is 4.79 Å². The van der Waals surface area contributed by atoms with Gasteiger partial charge in [0.2, 0.25) is 5.91 Å². The fourth-order valence-corrected chi connectivity index (χ4v) is 3.08. The Kier molecular flexibility index (Phi) is 5.56. The highest BCUT2D eigenvalue weighted by molar-refractivity contribution is 7.99. The van der Waals surface area contributed by atoms with Crippen LogP contribution < -0.4 is 5.32 Å². The van der Waals surface area contributed by atoms with E-state index in [-0.39, 0.29) is 11.7 Å². The molecule has 6 nitrogen and oxygen atoms in total. The Morgan fingerprint density at radius 3 is 2.54 bits per heavy atom. The van der Waals surface area contributed by atoms with Crippen LogP contribution in [0.3, 0.4) is 0 Å². The topological polar surface area (TPSA) is 83.6 Å². The lowest BCUT2D eigenvalue weighted by molar-refractivity contribution is -0.113. The second-order valence-corrected chi connectivity index (χ2v) is 6.78. The van der Waals surface area contributed by atoms with E-state index < -0.39 is 0 Å². The van der Waals surface area contributed by atoms with Gasteiger partial charge in [0, 0.05) is 23.3 Å². The monoisotopic (exact) mass is 383 g/mol. The average molecular weight is 384 g/mol. The van der Waals surface area contributed by atoms with Crippen LogP contribution in [0.4, 0.5) is 5.69 Å². The number of nitrogens with zero attached hydrogens (tertiary/aromatic N) is 4. The molecule has 0 saturated carbocycles. The van der Waals surface area contributed by atoms with Crippen LogP contribution in [0.25, 0.3) is 11.4 Å². The van der Waals surface area contributed by atoms with Gasteiger partial charge in [-0.05, 0) is 48.5 Å². The molecule has 1 amide bonds. The summed E-state index contributed by atoms with van der Waals surface area (Å²) in [5, 5.41) is 21.2. The summed E-state index contributed by atoms with van der Waals surface area (Å²) in [5.74, 6) is 0.750. The third kappa shape index (κ3) is 4.23. The molecular formula is C18H14ClN5OS. The third-order valence-electron chi connectivity index (χ3n) is 3.57. The number of nitrogens with one attached hydrogen (secondary N) is 1. The summed E-state index contributed by atoms with van der Waals surface area (Å²) in [7, 11) is 1.85. The van der Waals surface area contributed by atoms with E-state index in [2.05, 4.69) is 15.5 Å². The molecule has 3 rings (SSSR count). The minimum atomic E-state index is -0.157. The molecule has 8 heteroatoms. The van der Waals surface area contributed by atoms with E-state index in [1.54, 1.807) is 36.4 Å². The zero-order valence-electron chi connectivity index (χ0n) is 13.8. The molecule has 1 aromatic heterocycles. The maximum atomic E-state index is 12.1. The van der Waals surface area contributed by atoms with Crippen LogP contribution in [0.15, 0.2) is 53.7 Å². The molecule has 26 heavy (non-hydrogen) atoms. The number of nitriles is 1. The lowest BCUT2D eigenvalue weighted by Gasteiger charge is -2.06. The van der Waals surface area contributed by atoms with Crippen LogP contribution in [0.5, 0.6) is 0 Å². The van der Waals surface area contributed by atoms with Crippen molar-refractivity contribution in [3.63, 3.8) is 0 Å². The summed E-state index contributed by atoms with van der Waals surface area (Å²) in [6.07, 6.45) is 0. The molecule has 0 atom stereocenters. The number of thioether (sulfide) groups is 1. The number of hydrogen-bond donors (Lipinski definition) is 1. The normalized spacial score (nSPS) is 10.3. The summed E-state index contributed by atoms with van der Waals surface area (Å²) in [6, 6.07) is 16.1. The summed E-state index contributed by atoms with van der Waals surface area (Å²) < 4.78 is 1.84. The smallest absolute Gasteiger partial charge is 0.234 e. The number of carbonyl (C=O) groups excluding carboxylic acids is 1. The highest BCUT2D eigenvalue weighted by Gasteiger charge is 2.13. The Hall–Kier alpha value is -2.82. The van der Waals surface area contributed by atoms with Crippen LogP contribution in [0.1, 0.15) is 5.56 Å². The van der Waals surface area contributed by atoms with Gasteiger partial charge in [-0.25, -0.2) is 0 Å². The van der Waals surface area contributed by atoms with E-state index in [9.17, 15) is 4.79 Å². The molecule has 0 radical (unpaired) electrons. The molecule has 0 spiro atoms. The van der Waals surface area contributed by atoms with Crippen molar-refractivity contribution in [3.05, 3.63) is 59.1 Å². The van der Waals surface area contributed by atoms with Gasteiger partial charge in [0.15, 0.2) is 11.0 Å². The minimum Gasteiger partial charge on any atom is -0.325 e. The van der Waals surface area contributed by atoms with Crippen molar-refractivity contribution in [1.29, 1.82) is 5.26 Å². The number of amides is 1. The maximum absolute atomic E-state index is 12.1. The predicted molar refractivity (Wildman–Crippen MR) is 102 cm³/mol. The van der Waals surface area contributed by atoms with Crippen LogP contribution in [-0.2, 0) is 11.8 Å². The van der Waals surface area contributed by atoms with E-state index in [4.69, 9.17) is 16.9 Å². The largest absolute Gasteiger partial charge is 0.325 e. The van der Waals surface area contributed by atoms with E-state index in [1.165, 1.54) is 11.8 Å². The van der Waals surface area contributed by atoms with Gasteiger partial charge in [-0.2, -0.15) is 5.26 Å². The van der Waals surface area contributed by atoms with Gasteiger partial charge < -0.3 is 9.88 Å². The van der Waals surface area contributed by atoms with Crippen molar-refractivity contribution in [3.8, 4) is 17.5 Å². The molecule has 0 aliphatic carbocycles. The molecule has 2 aromatic carbocycles. The molecule has 0 saturated heterocycles. The lowest BCUT2D eigenvalue weighted by atomic mass is 10.2. The fraction of sp³-hybridized carbons (Fsp3) is 0.111. The summed E-state index contributed by atoms with van der Waals surface area (Å²) in [5.41, 5.74) is 2.10. The van der Waals surface area contributed by atoms with Gasteiger partial charge >= 0.3 is 0 Å². The number of rotatable bonds is 5. The molecule has 0 unspecified atom stereocenters. The quantitative estimate of drug-likeness (QED) is 0.678. The number of halogens is 1. The van der Waals surface area contributed by atoms with Gasteiger partial charge in [0.25, 0.3) is 0 Å². The van der Waals surface area contributed by atoms with Crippen molar-refractivity contribution < 1.29 is 4.79 Å². The first-order valence-electron chi connectivity index (χ1n) is 7.65. The molecule has 130 valence electrons. The first-order valence-corrected chi connectivity index (χ1v) is 9.01. The SMILES string of the molecule is Cn1c(SCC(=O)Nc2ccc(C#N)cc2)nnc1-c1ccc(Cl)cc1. The first-order chi connectivity index (χ1) is 12.6. The van der Waals surface area contributed by atoms with Gasteiger partial charge in [0.1, 0.15) is 0 Å². The van der Waals surface area contributed by atoms with Gasteiger partial charge in [-0.1, -0.05) is 23.4 Å². The number of hydrogen-bond acceptors (Lipinski definition) is 5. The summed E-state index contributed by atoms with van der Waals surface area (Å²) in [6.45, 7) is 0. The standard InChI is InChI=1S/C18H14ClN5OS/c1-24-17(13-4-6-14(19)7-5-13)22-23-18(24)26-11-16(25)21-15-8-2-12(10-20)3-9-15/h2-9H,11H2,1H3,(H,21,25). The van der Waals surface area contributed by atoms with Crippen LogP contribution >= 0.6 is 23.4 Å². The Bertz CT molecular complexity index is 961. The maximum Gasteiger partial charge on any atom is 0.234 e. The fourth-order valence-electron chi connectivity index (χ4n) is 2.25. The Labute approximate surface area is 159 Å². The Morgan fingerprint density at radius 1 is 1.19 bits per heavy atom. The van der Waals surface area contributed by atoms with Crippen molar-refractivity contribution in [1.82, 2.24) is 14.8 Å². The van der Waals surface area contributed by atoms with Crippen molar-refractivity contribution >= 4 is 35.0 Å². The van der Waals surface area contributed by atoms with Gasteiger partial charge in [0.05, 0.1) is 17.4 Å². The zero-order valence-corrected chi connectivity index (χ0v) is 15.4. The van der Waals surface area contributed by atoms with E-state index in [1.807, 2.05) is 29.8 Å². The van der Waals surface area contributed by atoms with Crippen molar-refractivity contribution in [2.24, 2.45) is 7.05 Å². The lowest BCUT2D eigenvalue weighted by Crippen LogP contribution is -2.14. The molecule has 3 aromatic rings. The third-order valence-corrected chi connectivity index (χ3v) is 4.84. The molecule has 1 N–H and O–H groups in total. The van der Waals surface area contributed by atoms with Crippen LogP contribution in [-0.4, -0.2) is 26.4 Å². The van der Waals surface area contributed by atoms with E-state index in [0.29, 0.717) is 27.3 Å². The second kappa shape index (κ2) is 8.04. The van der Waals surface area contributed by atoms with Crippen molar-refractivity contribution in [2.75, 3.05) is 11.1 Å². The Balaban J connectivity index is 1.61. The number of carbonyl (C=O) groups is 1. The molecule has 0 fully saturated rings. The number of aromatic nitrogens is 3. The Morgan fingerprint density at radius 2 is 1.88 bits per heavy atom. The van der Waals surface area contributed by atoms with Gasteiger partial charge in [-0.15, -0.1) is 10.2 Å². The molecule has 0 aliphatic rings. The second-order valence-electron chi connectivity index (χ2n) is 5.40. The molecule has 1 heterocycles. The van der Waals surface area contributed by atoms with E-state index in [0.717, 1.165) is 5.56 Å². The van der Waals surface area contributed by atoms with Crippen LogP contribution in [0.2, 0.25) is 5.02 Å². The summed E-state index contributed by atoms with van der Waals surface area (Å²) >= 11 is 7.20. The highest BCUT2D eigenvalue weighted by Crippen LogP contribution is 2.24. The van der Waals surface area contributed by atoms with Crippen LogP contribution in [0, 0.1) is 11.3 Å². The number of anilines is 1. The molecule has 0 aliphatic heterocycles. The van der Waals surface area contributed by atoms with Crippen molar-refractivity contribution in [2.45, 2.75) is 5.16 Å². The molecular weight excluding hydrogens is 370 g/mol. The van der Waals surface area contributed by atoms with E-state index >= 15 is 0 Å². The highest BCUT2D eigenvalue weighted by atomic mass is 35.5. The zero-order chi connectivity index (χ0) is 18.5. The number of benzene rings is 2.